The minimum absolute atomic E-state index is 0.0105. The van der Waals surface area contributed by atoms with Gasteiger partial charge in [-0.2, -0.15) is 0 Å². The fourth-order valence-electron chi connectivity index (χ4n) is 2.60. The zero-order valence-corrected chi connectivity index (χ0v) is 10.5. The molecule has 0 radical (unpaired) electrons. The summed E-state index contributed by atoms with van der Waals surface area (Å²) in [5.74, 6) is -0.327. The van der Waals surface area contributed by atoms with Crippen LogP contribution in [0.5, 0.6) is 0 Å². The third-order valence-electron chi connectivity index (χ3n) is 3.38. The average Bonchev–Trinajstić information content (AvgIpc) is 2.26. The summed E-state index contributed by atoms with van der Waals surface area (Å²) < 4.78 is 4.79. The van der Waals surface area contributed by atoms with Crippen molar-refractivity contribution in [3.8, 4) is 0 Å². The lowest BCUT2D eigenvalue weighted by atomic mass is 9.72. The van der Waals surface area contributed by atoms with Gasteiger partial charge in [0.25, 0.3) is 0 Å². The Hall–Kier alpha value is -1.35. The smallest absolute Gasteiger partial charge is 0.338 e. The number of aliphatic hydroxyl groups is 1. The molecule has 0 aliphatic heterocycles. The highest BCUT2D eigenvalue weighted by Gasteiger charge is 2.33. The molecule has 0 bridgehead atoms. The Morgan fingerprint density at radius 1 is 1.47 bits per heavy atom. The van der Waals surface area contributed by atoms with E-state index in [-0.39, 0.29) is 11.4 Å². The first-order chi connectivity index (χ1) is 7.94. The maximum absolute atomic E-state index is 11.7. The second kappa shape index (κ2) is 4.15. The van der Waals surface area contributed by atoms with Crippen molar-refractivity contribution < 1.29 is 14.6 Å². The van der Waals surface area contributed by atoms with Crippen molar-refractivity contribution in [3.63, 3.8) is 0 Å². The number of hydrogen-bond acceptors (Lipinski definition) is 3. The Labute approximate surface area is 101 Å². The summed E-state index contributed by atoms with van der Waals surface area (Å²) in [7, 11) is 1.38. The number of benzene rings is 1. The number of esters is 1. The van der Waals surface area contributed by atoms with Gasteiger partial charge in [0, 0.05) is 0 Å². The Morgan fingerprint density at radius 2 is 2.18 bits per heavy atom. The molecule has 1 atom stereocenters. The maximum Gasteiger partial charge on any atom is 0.338 e. The number of ether oxygens (including phenoxy) is 1. The van der Waals surface area contributed by atoms with Gasteiger partial charge in [-0.25, -0.2) is 4.79 Å². The third-order valence-corrected chi connectivity index (χ3v) is 3.38. The molecule has 1 unspecified atom stereocenters. The largest absolute Gasteiger partial charge is 0.465 e. The molecular weight excluding hydrogens is 216 g/mol. The summed E-state index contributed by atoms with van der Waals surface area (Å²) in [6.07, 6.45) is 1.04. The van der Waals surface area contributed by atoms with Crippen LogP contribution in [0, 0.1) is 5.41 Å². The zero-order chi connectivity index (χ0) is 12.6. The molecule has 1 aliphatic carbocycles. The van der Waals surface area contributed by atoms with Crippen molar-refractivity contribution in [3.05, 3.63) is 34.9 Å². The highest BCUT2D eigenvalue weighted by molar-refractivity contribution is 5.91. The number of carbonyl (C=O) groups excluding carboxylic acids is 1. The maximum atomic E-state index is 11.7. The van der Waals surface area contributed by atoms with Crippen LogP contribution in [0.15, 0.2) is 18.2 Å². The van der Waals surface area contributed by atoms with E-state index in [2.05, 4.69) is 13.8 Å². The molecule has 1 aliphatic rings. The molecule has 2 rings (SSSR count). The molecule has 1 aromatic rings. The van der Waals surface area contributed by atoms with Crippen LogP contribution in [0.3, 0.4) is 0 Å². The lowest BCUT2D eigenvalue weighted by Gasteiger charge is -2.35. The minimum atomic E-state index is -0.488. The van der Waals surface area contributed by atoms with Gasteiger partial charge in [0.1, 0.15) is 0 Å². The fraction of sp³-hybridized carbons (Fsp3) is 0.500. The highest BCUT2D eigenvalue weighted by atomic mass is 16.5. The molecule has 0 saturated heterocycles. The first-order valence-corrected chi connectivity index (χ1v) is 5.83. The van der Waals surface area contributed by atoms with E-state index in [1.165, 1.54) is 7.11 Å². The predicted octanol–water partition coefficient (Wildman–Crippen LogP) is 2.48. The molecule has 3 heteroatoms. The number of carbonyl (C=O) groups is 1. The van der Waals surface area contributed by atoms with E-state index in [0.29, 0.717) is 5.56 Å². The van der Waals surface area contributed by atoms with E-state index >= 15 is 0 Å². The molecule has 0 fully saturated rings. The summed E-state index contributed by atoms with van der Waals surface area (Å²) in [5, 5.41) is 10.1. The fourth-order valence-corrected chi connectivity index (χ4v) is 2.60. The van der Waals surface area contributed by atoms with Gasteiger partial charge >= 0.3 is 5.97 Å². The first kappa shape index (κ1) is 12.1. The highest BCUT2D eigenvalue weighted by Crippen LogP contribution is 2.41. The van der Waals surface area contributed by atoms with Crippen molar-refractivity contribution in [2.75, 3.05) is 7.11 Å². The van der Waals surface area contributed by atoms with E-state index < -0.39 is 6.10 Å². The van der Waals surface area contributed by atoms with E-state index in [0.717, 1.165) is 24.0 Å². The molecule has 0 aromatic heterocycles. The normalized spacial score (nSPS) is 21.8. The van der Waals surface area contributed by atoms with Crippen LogP contribution in [0.25, 0.3) is 0 Å². The summed E-state index contributed by atoms with van der Waals surface area (Å²) in [5.41, 5.74) is 2.39. The van der Waals surface area contributed by atoms with Crippen LogP contribution in [-0.4, -0.2) is 18.2 Å². The van der Waals surface area contributed by atoms with Crippen LogP contribution in [-0.2, 0) is 11.2 Å². The molecule has 0 spiro atoms. The Kier molecular flexibility index (Phi) is 2.96. The van der Waals surface area contributed by atoms with Gasteiger partial charge in [-0.1, -0.05) is 26.0 Å². The van der Waals surface area contributed by atoms with Crippen molar-refractivity contribution in [1.82, 2.24) is 0 Å². The van der Waals surface area contributed by atoms with Crippen LogP contribution in [0.2, 0.25) is 0 Å². The monoisotopic (exact) mass is 234 g/mol. The van der Waals surface area contributed by atoms with Crippen LogP contribution in [0.1, 0.15) is 47.9 Å². The van der Waals surface area contributed by atoms with Crippen molar-refractivity contribution in [2.45, 2.75) is 32.8 Å². The quantitative estimate of drug-likeness (QED) is 0.759. The molecule has 17 heavy (non-hydrogen) atoms. The van der Waals surface area contributed by atoms with Crippen LogP contribution >= 0.6 is 0 Å². The van der Waals surface area contributed by atoms with Gasteiger partial charge in [-0.05, 0) is 35.4 Å². The van der Waals surface area contributed by atoms with E-state index in [4.69, 9.17) is 4.74 Å². The second-order valence-corrected chi connectivity index (χ2v) is 5.43. The summed E-state index contributed by atoms with van der Waals surface area (Å²) in [4.78, 5) is 11.7. The summed E-state index contributed by atoms with van der Waals surface area (Å²) in [6, 6.07) is 5.45. The molecular formula is C14H18O3. The lowest BCUT2D eigenvalue weighted by molar-refractivity contribution is 0.0594. The van der Waals surface area contributed by atoms with Crippen LogP contribution < -0.4 is 0 Å². The zero-order valence-electron chi connectivity index (χ0n) is 10.5. The molecule has 3 nitrogen and oxygen atoms in total. The number of fused-ring (bicyclic) bond motifs is 1. The van der Waals surface area contributed by atoms with E-state index in [1.54, 1.807) is 12.1 Å². The Balaban J connectivity index is 2.53. The molecule has 1 N–H and O–H groups in total. The van der Waals surface area contributed by atoms with E-state index in [9.17, 15) is 9.90 Å². The van der Waals surface area contributed by atoms with Gasteiger partial charge in [0.2, 0.25) is 0 Å². The predicted molar refractivity (Wildman–Crippen MR) is 64.8 cm³/mol. The van der Waals surface area contributed by atoms with Gasteiger partial charge in [0.05, 0.1) is 18.8 Å². The van der Waals surface area contributed by atoms with Crippen molar-refractivity contribution in [1.29, 1.82) is 0 Å². The Morgan fingerprint density at radius 3 is 2.82 bits per heavy atom. The molecule has 0 saturated carbocycles. The number of methoxy groups -OCH3 is 1. The average molecular weight is 234 g/mol. The topological polar surface area (TPSA) is 46.5 Å². The van der Waals surface area contributed by atoms with Crippen molar-refractivity contribution >= 4 is 5.97 Å². The Bertz CT molecular complexity index is 449. The number of hydrogen-bond donors (Lipinski definition) is 1. The molecule has 1 aromatic carbocycles. The molecule has 0 amide bonds. The number of rotatable bonds is 1. The van der Waals surface area contributed by atoms with Crippen molar-refractivity contribution in [2.24, 2.45) is 5.41 Å². The first-order valence-electron chi connectivity index (χ1n) is 5.83. The molecule has 92 valence electrons. The third kappa shape index (κ3) is 2.20. The van der Waals surface area contributed by atoms with Crippen LogP contribution in [0.4, 0.5) is 0 Å². The summed E-state index contributed by atoms with van der Waals surface area (Å²) >= 11 is 0. The van der Waals surface area contributed by atoms with Gasteiger partial charge < -0.3 is 9.84 Å². The molecule has 0 heterocycles. The van der Waals surface area contributed by atoms with Gasteiger partial charge in [-0.3, -0.25) is 0 Å². The summed E-state index contributed by atoms with van der Waals surface area (Å²) in [6.45, 7) is 4.21. The number of aliphatic hydroxyl groups excluding tert-OH is 1. The van der Waals surface area contributed by atoms with Gasteiger partial charge in [0.15, 0.2) is 0 Å². The van der Waals surface area contributed by atoms with E-state index in [1.807, 2.05) is 6.07 Å². The minimum Gasteiger partial charge on any atom is -0.465 e. The van der Waals surface area contributed by atoms with Gasteiger partial charge in [-0.15, -0.1) is 0 Å². The SMILES string of the molecule is COC(=O)c1cccc2c1CC(C)(C)CC2O. The lowest BCUT2D eigenvalue weighted by Crippen LogP contribution is -2.27. The second-order valence-electron chi connectivity index (χ2n) is 5.43. The standard InChI is InChI=1S/C14H18O3/c1-14(2)7-11-9(12(15)8-14)5-4-6-10(11)13(16)17-3/h4-6,12,15H,7-8H2,1-3H3.